The molecule has 2 N–H and O–H groups in total. The first-order chi connectivity index (χ1) is 13.8. The number of alkyl carbamates (subject to hydrolysis) is 1. The Bertz CT molecular complexity index is 719. The van der Waals surface area contributed by atoms with Gasteiger partial charge in [-0.2, -0.15) is 4.79 Å². The normalized spacial score (nSPS) is 27.4. The molecule has 2 atom stereocenters. The van der Waals surface area contributed by atoms with Crippen molar-refractivity contribution in [2.45, 2.75) is 78.0 Å². The van der Waals surface area contributed by atoms with Crippen LogP contribution in [0.15, 0.2) is 11.4 Å². The first-order valence-electron chi connectivity index (χ1n) is 10.5. The number of nitrogens with one attached hydrogen (secondary N) is 2. The standard InChI is InChI=1S/C21H35N3O6/c1-8-28-18(26)23-16(22-17(25)15-10-9-11-29-15)14-12-21(5,6)24(7,13-14)19(27)30-20(2,3)4/h15H,8-13H2,1-7H3,(H-,22,23,25,26)/p+1. The summed E-state index contributed by atoms with van der Waals surface area (Å²) < 4.78 is 16.1. The molecule has 3 amide bonds. The molecule has 170 valence electrons. The molecule has 2 aliphatic rings. The number of likely N-dealkylation sites (tertiary alicyclic amines) is 1. The van der Waals surface area contributed by atoms with Crippen LogP contribution in [0.2, 0.25) is 0 Å². The largest absolute Gasteiger partial charge is 0.517 e. The second-order valence-corrected chi connectivity index (χ2v) is 9.63. The van der Waals surface area contributed by atoms with Crippen LogP contribution in [0, 0.1) is 0 Å². The Morgan fingerprint density at radius 3 is 2.43 bits per heavy atom. The average Bonchev–Trinajstić information content (AvgIpc) is 3.20. The third-order valence-electron chi connectivity index (χ3n) is 5.61. The molecule has 30 heavy (non-hydrogen) atoms. The van der Waals surface area contributed by atoms with Crippen molar-refractivity contribution in [1.29, 1.82) is 0 Å². The average molecular weight is 427 g/mol. The SMILES string of the molecule is CCOC(=O)NC(NC(=O)C1CCCO1)=C1CC(C)(C)[N+](C)(C(=O)OC(C)(C)C)C1. The Morgan fingerprint density at radius 1 is 1.23 bits per heavy atom. The summed E-state index contributed by atoms with van der Waals surface area (Å²) in [5.41, 5.74) is -0.387. The third kappa shape index (κ3) is 5.51. The van der Waals surface area contributed by atoms with Gasteiger partial charge in [-0.3, -0.25) is 10.1 Å². The highest BCUT2D eigenvalue weighted by molar-refractivity contribution is 5.83. The monoisotopic (exact) mass is 426 g/mol. The molecule has 0 bridgehead atoms. The smallest absolute Gasteiger partial charge is 0.450 e. The van der Waals surface area contributed by atoms with Crippen molar-refractivity contribution in [3.05, 3.63) is 11.4 Å². The highest BCUT2D eigenvalue weighted by atomic mass is 16.6. The second-order valence-electron chi connectivity index (χ2n) is 9.63. The summed E-state index contributed by atoms with van der Waals surface area (Å²) in [7, 11) is 1.81. The van der Waals surface area contributed by atoms with Crippen LogP contribution in [0.4, 0.5) is 9.59 Å². The van der Waals surface area contributed by atoms with E-state index in [9.17, 15) is 14.4 Å². The van der Waals surface area contributed by atoms with E-state index in [1.165, 1.54) is 0 Å². The van der Waals surface area contributed by atoms with Crippen LogP contribution < -0.4 is 10.6 Å². The summed E-state index contributed by atoms with van der Waals surface area (Å²) in [5.74, 6) is -0.0598. The molecular formula is C21H36N3O6+. The van der Waals surface area contributed by atoms with Crippen LogP contribution in [0.1, 0.15) is 60.8 Å². The van der Waals surface area contributed by atoms with Gasteiger partial charge in [-0.25, -0.2) is 9.28 Å². The van der Waals surface area contributed by atoms with Gasteiger partial charge in [0, 0.05) is 18.6 Å². The summed E-state index contributed by atoms with van der Waals surface area (Å²) in [6.07, 6.45) is 0.357. The Balaban J connectivity index is 2.33. The van der Waals surface area contributed by atoms with Gasteiger partial charge in [0.05, 0.1) is 13.7 Å². The molecule has 2 unspecified atom stereocenters. The number of carbonyl (C=O) groups is 3. The fraction of sp³-hybridized carbons (Fsp3) is 0.762. The summed E-state index contributed by atoms with van der Waals surface area (Å²) in [6.45, 7) is 12.1. The maximum atomic E-state index is 13.0. The van der Waals surface area contributed by atoms with Crippen molar-refractivity contribution in [2.24, 2.45) is 0 Å². The van der Waals surface area contributed by atoms with Gasteiger partial charge in [-0.1, -0.05) is 0 Å². The molecule has 2 heterocycles. The van der Waals surface area contributed by atoms with E-state index in [1.54, 1.807) is 6.92 Å². The quantitative estimate of drug-likeness (QED) is 0.670. The minimum atomic E-state index is -0.663. The van der Waals surface area contributed by atoms with Crippen molar-refractivity contribution in [3.8, 4) is 0 Å². The highest BCUT2D eigenvalue weighted by Gasteiger charge is 2.56. The van der Waals surface area contributed by atoms with Crippen molar-refractivity contribution < 1.29 is 33.1 Å². The number of likely N-dealkylation sites (N-methyl/N-ethyl adjacent to an activating group) is 1. The zero-order chi connectivity index (χ0) is 22.7. The van der Waals surface area contributed by atoms with Crippen LogP contribution in [-0.2, 0) is 19.0 Å². The zero-order valence-electron chi connectivity index (χ0n) is 19.2. The van der Waals surface area contributed by atoms with Crippen molar-refractivity contribution in [2.75, 3.05) is 26.8 Å². The fourth-order valence-electron chi connectivity index (χ4n) is 3.66. The number of ether oxygens (including phenoxy) is 3. The van der Waals surface area contributed by atoms with E-state index in [-0.39, 0.29) is 35.5 Å². The van der Waals surface area contributed by atoms with E-state index >= 15 is 0 Å². The molecule has 2 saturated heterocycles. The molecule has 9 heteroatoms. The lowest BCUT2D eigenvalue weighted by atomic mass is 9.98. The number of quaternary nitrogens is 1. The molecule has 9 nitrogen and oxygen atoms in total. The molecule has 0 aromatic heterocycles. The van der Waals surface area contributed by atoms with E-state index in [0.29, 0.717) is 19.4 Å². The first-order valence-corrected chi connectivity index (χ1v) is 10.5. The first kappa shape index (κ1) is 24.1. The predicted octanol–water partition coefficient (Wildman–Crippen LogP) is 2.80. The molecule has 0 aromatic rings. The number of hydrogen-bond acceptors (Lipinski definition) is 6. The molecule has 0 aliphatic carbocycles. The third-order valence-corrected chi connectivity index (χ3v) is 5.61. The Kier molecular flexibility index (Phi) is 7.19. The second kappa shape index (κ2) is 8.93. The Morgan fingerprint density at radius 2 is 1.90 bits per heavy atom. The minimum absolute atomic E-state index is 0.0105. The fourth-order valence-corrected chi connectivity index (χ4v) is 3.66. The van der Waals surface area contributed by atoms with Gasteiger partial charge in [0.15, 0.2) is 0 Å². The Hall–Kier alpha value is -2.13. The van der Waals surface area contributed by atoms with Crippen LogP contribution in [0.3, 0.4) is 0 Å². The van der Waals surface area contributed by atoms with Crippen molar-refractivity contribution in [3.63, 3.8) is 0 Å². The molecule has 0 spiro atoms. The van der Waals surface area contributed by atoms with Gasteiger partial charge in [0.1, 0.15) is 29.6 Å². The van der Waals surface area contributed by atoms with Gasteiger partial charge in [-0.15, -0.1) is 0 Å². The lowest BCUT2D eigenvalue weighted by Crippen LogP contribution is -2.59. The van der Waals surface area contributed by atoms with Crippen molar-refractivity contribution in [1.82, 2.24) is 10.6 Å². The van der Waals surface area contributed by atoms with E-state index in [4.69, 9.17) is 14.2 Å². The summed E-state index contributed by atoms with van der Waals surface area (Å²) >= 11 is 0. The maximum Gasteiger partial charge on any atom is 0.517 e. The summed E-state index contributed by atoms with van der Waals surface area (Å²) in [4.78, 5) is 37.8. The van der Waals surface area contributed by atoms with E-state index in [0.717, 1.165) is 12.0 Å². The number of amides is 3. The maximum absolute atomic E-state index is 13.0. The van der Waals surface area contributed by atoms with Crippen LogP contribution >= 0.6 is 0 Å². The zero-order valence-corrected chi connectivity index (χ0v) is 19.2. The van der Waals surface area contributed by atoms with E-state index in [1.807, 2.05) is 41.7 Å². The summed E-state index contributed by atoms with van der Waals surface area (Å²) in [5, 5.41) is 5.44. The summed E-state index contributed by atoms with van der Waals surface area (Å²) in [6, 6.07) is 0. The van der Waals surface area contributed by atoms with E-state index < -0.39 is 23.3 Å². The van der Waals surface area contributed by atoms with Crippen LogP contribution in [0.5, 0.6) is 0 Å². The van der Waals surface area contributed by atoms with Gasteiger partial charge in [0.25, 0.3) is 5.91 Å². The molecule has 2 fully saturated rings. The molecule has 0 saturated carbocycles. The lowest BCUT2D eigenvalue weighted by Gasteiger charge is -2.38. The van der Waals surface area contributed by atoms with Crippen molar-refractivity contribution >= 4 is 18.1 Å². The van der Waals surface area contributed by atoms with Crippen LogP contribution in [0.25, 0.3) is 0 Å². The lowest BCUT2D eigenvalue weighted by molar-refractivity contribution is -0.872. The van der Waals surface area contributed by atoms with Gasteiger partial charge in [0.2, 0.25) is 0 Å². The van der Waals surface area contributed by atoms with Gasteiger partial charge < -0.3 is 19.5 Å². The number of carbonyl (C=O) groups excluding carboxylic acids is 3. The number of nitrogens with zero attached hydrogens (tertiary/aromatic N) is 1. The van der Waals surface area contributed by atoms with E-state index in [2.05, 4.69) is 10.6 Å². The molecular weight excluding hydrogens is 390 g/mol. The van der Waals surface area contributed by atoms with Gasteiger partial charge in [-0.05, 0) is 54.4 Å². The Labute approximate surface area is 178 Å². The molecule has 2 rings (SSSR count). The number of hydrogen-bond donors (Lipinski definition) is 2. The highest BCUT2D eigenvalue weighted by Crippen LogP contribution is 2.40. The number of rotatable bonds is 4. The van der Waals surface area contributed by atoms with Gasteiger partial charge >= 0.3 is 12.2 Å². The molecule has 0 aromatic carbocycles. The topological polar surface area (TPSA) is 103 Å². The predicted molar refractivity (Wildman–Crippen MR) is 110 cm³/mol. The molecule has 0 radical (unpaired) electrons. The minimum Gasteiger partial charge on any atom is -0.450 e. The molecule has 2 aliphatic heterocycles. The van der Waals surface area contributed by atoms with Crippen LogP contribution in [-0.4, -0.2) is 66.6 Å².